The summed E-state index contributed by atoms with van der Waals surface area (Å²) in [4.78, 5) is 24.1. The molecule has 3 aromatic rings. The van der Waals surface area contributed by atoms with Gasteiger partial charge in [-0.05, 0) is 62.7 Å². The van der Waals surface area contributed by atoms with E-state index in [0.29, 0.717) is 11.3 Å². The van der Waals surface area contributed by atoms with E-state index >= 15 is 0 Å². The first kappa shape index (κ1) is 19.2. The van der Waals surface area contributed by atoms with Gasteiger partial charge in [0.1, 0.15) is 5.75 Å². The van der Waals surface area contributed by atoms with Crippen LogP contribution in [-0.4, -0.2) is 28.2 Å². The number of hydrazine groups is 1. The highest BCUT2D eigenvalue weighted by Gasteiger charge is 2.10. The summed E-state index contributed by atoms with van der Waals surface area (Å²) in [5, 5.41) is 4.41. The number of hydrogen-bond acceptors (Lipinski definition) is 4. The van der Waals surface area contributed by atoms with E-state index in [4.69, 9.17) is 4.74 Å². The number of aryl methyl sites for hydroxylation is 3. The second-order valence-corrected chi connectivity index (χ2v) is 6.44. The van der Waals surface area contributed by atoms with Gasteiger partial charge in [-0.2, -0.15) is 5.10 Å². The third-order valence-electron chi connectivity index (χ3n) is 4.15. The fourth-order valence-corrected chi connectivity index (χ4v) is 2.74. The fraction of sp³-hybridized carbons (Fsp3) is 0.190. The van der Waals surface area contributed by atoms with Crippen molar-refractivity contribution in [3.05, 3.63) is 77.1 Å². The Balaban J connectivity index is 1.52. The lowest BCUT2D eigenvalue weighted by Gasteiger charge is -2.10. The topological polar surface area (TPSA) is 85.2 Å². The van der Waals surface area contributed by atoms with Crippen molar-refractivity contribution in [3.8, 4) is 11.4 Å². The summed E-state index contributed by atoms with van der Waals surface area (Å²) in [6, 6.07) is 16.3. The minimum atomic E-state index is -0.448. The van der Waals surface area contributed by atoms with E-state index in [1.165, 1.54) is 0 Å². The largest absolute Gasteiger partial charge is 0.483 e. The van der Waals surface area contributed by atoms with Crippen LogP contribution in [0.1, 0.15) is 27.3 Å². The van der Waals surface area contributed by atoms with E-state index in [9.17, 15) is 9.59 Å². The molecule has 0 atom stereocenters. The van der Waals surface area contributed by atoms with Crippen molar-refractivity contribution in [2.45, 2.75) is 20.8 Å². The Bertz CT molecular complexity index is 993. The van der Waals surface area contributed by atoms with Crippen LogP contribution in [-0.2, 0) is 4.79 Å². The Labute approximate surface area is 163 Å². The summed E-state index contributed by atoms with van der Waals surface area (Å²) < 4.78 is 7.25. The Kier molecular flexibility index (Phi) is 5.74. The summed E-state index contributed by atoms with van der Waals surface area (Å²) in [6.07, 6.45) is 0. The third kappa shape index (κ3) is 4.56. The maximum Gasteiger partial charge on any atom is 0.276 e. The van der Waals surface area contributed by atoms with Crippen molar-refractivity contribution in [1.82, 2.24) is 20.6 Å². The molecule has 7 nitrogen and oxygen atoms in total. The molecule has 0 unspecified atom stereocenters. The SMILES string of the molecule is Cc1cc(C)n(-c2ccc(C(=O)NNC(=O)COc3ccccc3C)cc2)n1. The van der Waals surface area contributed by atoms with Gasteiger partial charge >= 0.3 is 0 Å². The van der Waals surface area contributed by atoms with Crippen molar-refractivity contribution in [3.63, 3.8) is 0 Å². The van der Waals surface area contributed by atoms with Gasteiger partial charge in [-0.1, -0.05) is 18.2 Å². The standard InChI is InChI=1S/C21H22N4O3/c1-14-6-4-5-7-19(14)28-13-20(26)22-23-21(27)17-8-10-18(11-9-17)25-16(3)12-15(2)24-25/h4-12H,13H2,1-3H3,(H,22,26)(H,23,27). The van der Waals surface area contributed by atoms with Gasteiger partial charge in [0.15, 0.2) is 6.61 Å². The van der Waals surface area contributed by atoms with Crippen LogP contribution in [0, 0.1) is 20.8 Å². The average molecular weight is 378 g/mol. The molecule has 2 aromatic carbocycles. The van der Waals surface area contributed by atoms with Crippen LogP contribution in [0.5, 0.6) is 5.75 Å². The summed E-state index contributed by atoms with van der Waals surface area (Å²) in [5.41, 5.74) is 8.88. The smallest absolute Gasteiger partial charge is 0.276 e. The maximum atomic E-state index is 12.2. The van der Waals surface area contributed by atoms with Crippen molar-refractivity contribution in [2.75, 3.05) is 6.61 Å². The molecule has 0 bridgehead atoms. The van der Waals surface area contributed by atoms with Crippen molar-refractivity contribution in [2.24, 2.45) is 0 Å². The highest BCUT2D eigenvalue weighted by Crippen LogP contribution is 2.16. The van der Waals surface area contributed by atoms with E-state index in [1.54, 1.807) is 30.3 Å². The number of carbonyl (C=O) groups excluding carboxylic acids is 2. The van der Waals surface area contributed by atoms with Crippen LogP contribution in [0.3, 0.4) is 0 Å². The number of carbonyl (C=O) groups is 2. The number of para-hydroxylation sites is 1. The van der Waals surface area contributed by atoms with Gasteiger partial charge in [-0.15, -0.1) is 0 Å². The molecule has 0 spiro atoms. The second-order valence-electron chi connectivity index (χ2n) is 6.44. The number of benzene rings is 2. The number of hydrogen-bond donors (Lipinski definition) is 2. The van der Waals surface area contributed by atoms with Gasteiger partial charge in [0.2, 0.25) is 0 Å². The first-order valence-electron chi connectivity index (χ1n) is 8.85. The molecule has 0 fully saturated rings. The molecule has 2 amide bonds. The molecular formula is C21H22N4O3. The molecule has 0 aliphatic rings. The van der Waals surface area contributed by atoms with Crippen LogP contribution in [0.4, 0.5) is 0 Å². The molecule has 1 aromatic heterocycles. The monoisotopic (exact) mass is 378 g/mol. The molecule has 0 aliphatic heterocycles. The first-order valence-corrected chi connectivity index (χ1v) is 8.85. The zero-order valence-corrected chi connectivity index (χ0v) is 16.0. The van der Waals surface area contributed by atoms with Crippen molar-refractivity contribution in [1.29, 1.82) is 0 Å². The second kappa shape index (κ2) is 8.39. The summed E-state index contributed by atoms with van der Waals surface area (Å²) in [7, 11) is 0. The molecule has 7 heteroatoms. The number of ether oxygens (including phenoxy) is 1. The highest BCUT2D eigenvalue weighted by atomic mass is 16.5. The van der Waals surface area contributed by atoms with E-state index < -0.39 is 11.8 Å². The van der Waals surface area contributed by atoms with Crippen molar-refractivity contribution >= 4 is 11.8 Å². The lowest BCUT2D eigenvalue weighted by Crippen LogP contribution is -2.43. The van der Waals surface area contributed by atoms with E-state index in [0.717, 1.165) is 22.6 Å². The number of nitrogens with one attached hydrogen (secondary N) is 2. The summed E-state index contributed by atoms with van der Waals surface area (Å²) in [5.74, 6) is -0.233. The molecule has 28 heavy (non-hydrogen) atoms. The molecule has 144 valence electrons. The maximum absolute atomic E-state index is 12.2. The minimum absolute atomic E-state index is 0.192. The predicted molar refractivity (Wildman–Crippen MR) is 105 cm³/mol. The van der Waals surface area contributed by atoms with Gasteiger partial charge in [-0.25, -0.2) is 4.68 Å². The van der Waals surface area contributed by atoms with Crippen molar-refractivity contribution < 1.29 is 14.3 Å². The van der Waals surface area contributed by atoms with Gasteiger partial charge in [0.05, 0.1) is 11.4 Å². The molecule has 3 rings (SSSR count). The third-order valence-corrected chi connectivity index (χ3v) is 4.15. The van der Waals surface area contributed by atoms with E-state index in [1.807, 2.05) is 49.7 Å². The Morgan fingerprint density at radius 1 is 1.00 bits per heavy atom. The van der Waals surface area contributed by atoms with Gasteiger partial charge in [0, 0.05) is 11.3 Å². The molecule has 0 saturated heterocycles. The van der Waals surface area contributed by atoms with Crippen LogP contribution in [0.25, 0.3) is 5.69 Å². The Hall–Kier alpha value is -3.61. The highest BCUT2D eigenvalue weighted by molar-refractivity contribution is 5.95. The van der Waals surface area contributed by atoms with Crippen LogP contribution < -0.4 is 15.6 Å². The number of rotatable bonds is 5. The van der Waals surface area contributed by atoms with Crippen LogP contribution in [0.15, 0.2) is 54.6 Å². The molecular weight excluding hydrogens is 356 g/mol. The Morgan fingerprint density at radius 3 is 2.36 bits per heavy atom. The van der Waals surface area contributed by atoms with Gasteiger partial charge in [-0.3, -0.25) is 20.4 Å². The summed E-state index contributed by atoms with van der Waals surface area (Å²) in [6.45, 7) is 5.60. The van der Waals surface area contributed by atoms with E-state index in [-0.39, 0.29) is 6.61 Å². The van der Waals surface area contributed by atoms with Gasteiger partial charge < -0.3 is 4.74 Å². The lowest BCUT2D eigenvalue weighted by atomic mass is 10.2. The number of amides is 2. The van der Waals surface area contributed by atoms with Crippen LogP contribution >= 0.6 is 0 Å². The fourth-order valence-electron chi connectivity index (χ4n) is 2.74. The molecule has 1 heterocycles. The Morgan fingerprint density at radius 2 is 1.71 bits per heavy atom. The molecule has 2 N–H and O–H groups in total. The van der Waals surface area contributed by atoms with Gasteiger partial charge in [0.25, 0.3) is 11.8 Å². The average Bonchev–Trinajstić information content (AvgIpc) is 3.03. The number of aromatic nitrogens is 2. The lowest BCUT2D eigenvalue weighted by molar-refractivity contribution is -0.123. The molecule has 0 radical (unpaired) electrons. The quantitative estimate of drug-likeness (QED) is 0.669. The minimum Gasteiger partial charge on any atom is -0.483 e. The summed E-state index contributed by atoms with van der Waals surface area (Å²) >= 11 is 0. The first-order chi connectivity index (χ1) is 13.4. The van der Waals surface area contributed by atoms with Crippen LogP contribution in [0.2, 0.25) is 0 Å². The zero-order chi connectivity index (χ0) is 20.1. The predicted octanol–water partition coefficient (Wildman–Crippen LogP) is 2.64. The molecule has 0 saturated carbocycles. The normalized spacial score (nSPS) is 10.4. The number of nitrogens with zero attached hydrogens (tertiary/aromatic N) is 2. The zero-order valence-electron chi connectivity index (χ0n) is 16.0. The molecule has 0 aliphatic carbocycles. The van der Waals surface area contributed by atoms with E-state index in [2.05, 4.69) is 16.0 Å².